The predicted octanol–water partition coefficient (Wildman–Crippen LogP) is 1.34. The summed E-state index contributed by atoms with van der Waals surface area (Å²) in [6, 6.07) is 0. The molecule has 2 unspecified atom stereocenters. The van der Waals surface area contributed by atoms with Gasteiger partial charge in [-0.05, 0) is 27.3 Å². The Hall–Kier alpha value is -0.610. The van der Waals surface area contributed by atoms with Crippen LogP contribution in [0, 0.1) is 0 Å². The third kappa shape index (κ3) is 4.62. The molecule has 4 nitrogen and oxygen atoms in total. The van der Waals surface area contributed by atoms with Crippen LogP contribution in [0.2, 0.25) is 0 Å². The Kier molecular flexibility index (Phi) is 6.52. The fraction of sp³-hybridized carbons (Fsp3) is 0.909. The molecule has 2 atom stereocenters. The second-order valence-corrected chi connectivity index (χ2v) is 3.83. The maximum Gasteiger partial charge on any atom is 0.326 e. The SMILES string of the molecule is CCNC(C)(CC(C)OC)C(=O)OCC. The van der Waals surface area contributed by atoms with Crippen LogP contribution in [0.3, 0.4) is 0 Å². The number of hydrogen-bond donors (Lipinski definition) is 1. The molecule has 15 heavy (non-hydrogen) atoms. The van der Waals surface area contributed by atoms with Crippen molar-refractivity contribution in [1.82, 2.24) is 5.32 Å². The van der Waals surface area contributed by atoms with Gasteiger partial charge in [-0.25, -0.2) is 0 Å². The van der Waals surface area contributed by atoms with E-state index in [0.717, 1.165) is 6.54 Å². The van der Waals surface area contributed by atoms with Crippen LogP contribution in [0.4, 0.5) is 0 Å². The van der Waals surface area contributed by atoms with Crippen LogP contribution in [0.1, 0.15) is 34.1 Å². The van der Waals surface area contributed by atoms with Gasteiger partial charge >= 0.3 is 5.97 Å². The third-order valence-corrected chi connectivity index (χ3v) is 2.39. The van der Waals surface area contributed by atoms with E-state index < -0.39 is 5.54 Å². The van der Waals surface area contributed by atoms with E-state index in [2.05, 4.69) is 5.32 Å². The zero-order valence-corrected chi connectivity index (χ0v) is 10.4. The van der Waals surface area contributed by atoms with Crippen LogP contribution in [0.25, 0.3) is 0 Å². The zero-order valence-electron chi connectivity index (χ0n) is 10.4. The van der Waals surface area contributed by atoms with Crippen molar-refractivity contribution in [3.05, 3.63) is 0 Å². The highest BCUT2D eigenvalue weighted by Gasteiger charge is 2.35. The topological polar surface area (TPSA) is 47.6 Å². The monoisotopic (exact) mass is 217 g/mol. The van der Waals surface area contributed by atoms with Crippen molar-refractivity contribution in [1.29, 1.82) is 0 Å². The van der Waals surface area contributed by atoms with E-state index in [0.29, 0.717) is 13.0 Å². The normalized spacial score (nSPS) is 16.9. The molecule has 0 rings (SSSR count). The highest BCUT2D eigenvalue weighted by molar-refractivity contribution is 5.80. The van der Waals surface area contributed by atoms with E-state index in [4.69, 9.17) is 9.47 Å². The van der Waals surface area contributed by atoms with Gasteiger partial charge in [0.2, 0.25) is 0 Å². The quantitative estimate of drug-likeness (QED) is 0.654. The number of carbonyl (C=O) groups is 1. The Bertz CT molecular complexity index is 196. The minimum atomic E-state index is -0.653. The lowest BCUT2D eigenvalue weighted by molar-refractivity contribution is -0.152. The van der Waals surface area contributed by atoms with E-state index in [-0.39, 0.29) is 12.1 Å². The molecule has 0 saturated heterocycles. The largest absolute Gasteiger partial charge is 0.465 e. The Morgan fingerprint density at radius 1 is 1.47 bits per heavy atom. The lowest BCUT2D eigenvalue weighted by atomic mass is 9.94. The van der Waals surface area contributed by atoms with Gasteiger partial charge in [0.1, 0.15) is 5.54 Å². The van der Waals surface area contributed by atoms with Crippen molar-refractivity contribution in [3.63, 3.8) is 0 Å². The van der Waals surface area contributed by atoms with Crippen LogP contribution in [0.5, 0.6) is 0 Å². The summed E-state index contributed by atoms with van der Waals surface area (Å²) in [4.78, 5) is 11.8. The average Bonchev–Trinajstić information content (AvgIpc) is 2.18. The van der Waals surface area contributed by atoms with Crippen molar-refractivity contribution >= 4 is 5.97 Å². The summed E-state index contributed by atoms with van der Waals surface area (Å²) in [5, 5.41) is 3.15. The Morgan fingerprint density at radius 3 is 2.47 bits per heavy atom. The molecule has 0 saturated carbocycles. The smallest absolute Gasteiger partial charge is 0.326 e. The van der Waals surface area contributed by atoms with Crippen molar-refractivity contribution in [3.8, 4) is 0 Å². The van der Waals surface area contributed by atoms with Gasteiger partial charge in [-0.2, -0.15) is 0 Å². The van der Waals surface area contributed by atoms with E-state index in [1.165, 1.54) is 0 Å². The van der Waals surface area contributed by atoms with E-state index in [9.17, 15) is 4.79 Å². The molecule has 4 heteroatoms. The van der Waals surface area contributed by atoms with Crippen molar-refractivity contribution in [2.45, 2.75) is 45.8 Å². The Morgan fingerprint density at radius 2 is 2.07 bits per heavy atom. The highest BCUT2D eigenvalue weighted by atomic mass is 16.5. The summed E-state index contributed by atoms with van der Waals surface area (Å²) >= 11 is 0. The van der Waals surface area contributed by atoms with E-state index in [1.807, 2.05) is 27.7 Å². The summed E-state index contributed by atoms with van der Waals surface area (Å²) in [5.41, 5.74) is -0.653. The number of rotatable bonds is 7. The summed E-state index contributed by atoms with van der Waals surface area (Å²) in [7, 11) is 1.64. The zero-order chi connectivity index (χ0) is 11.9. The molecule has 0 radical (unpaired) electrons. The average molecular weight is 217 g/mol. The molecule has 0 spiro atoms. The fourth-order valence-corrected chi connectivity index (χ4v) is 1.57. The van der Waals surface area contributed by atoms with Crippen molar-refractivity contribution < 1.29 is 14.3 Å². The minimum absolute atomic E-state index is 0.0263. The second-order valence-electron chi connectivity index (χ2n) is 3.83. The molecule has 0 aliphatic carbocycles. The van der Waals surface area contributed by atoms with Gasteiger partial charge in [0.25, 0.3) is 0 Å². The number of esters is 1. The number of carbonyl (C=O) groups excluding carboxylic acids is 1. The molecule has 0 bridgehead atoms. The van der Waals surface area contributed by atoms with Crippen LogP contribution < -0.4 is 5.32 Å². The van der Waals surface area contributed by atoms with Crippen molar-refractivity contribution in [2.75, 3.05) is 20.3 Å². The maximum atomic E-state index is 11.8. The number of ether oxygens (including phenoxy) is 2. The van der Waals surface area contributed by atoms with E-state index in [1.54, 1.807) is 7.11 Å². The summed E-state index contributed by atoms with van der Waals surface area (Å²) in [5.74, 6) is -0.212. The minimum Gasteiger partial charge on any atom is -0.465 e. The molecule has 0 aliphatic heterocycles. The lowest BCUT2D eigenvalue weighted by Crippen LogP contribution is -2.52. The molecule has 0 aromatic carbocycles. The number of nitrogens with one attached hydrogen (secondary N) is 1. The Labute approximate surface area is 92.3 Å². The standard InChI is InChI=1S/C11H23NO3/c1-6-12-11(4,8-9(3)14-5)10(13)15-7-2/h9,12H,6-8H2,1-5H3. The van der Waals surface area contributed by atoms with Gasteiger partial charge in [-0.15, -0.1) is 0 Å². The lowest BCUT2D eigenvalue weighted by Gasteiger charge is -2.30. The first-order chi connectivity index (χ1) is 7.00. The van der Waals surface area contributed by atoms with Crippen LogP contribution in [-0.2, 0) is 14.3 Å². The van der Waals surface area contributed by atoms with E-state index >= 15 is 0 Å². The van der Waals surface area contributed by atoms with Gasteiger partial charge < -0.3 is 14.8 Å². The third-order valence-electron chi connectivity index (χ3n) is 2.39. The summed E-state index contributed by atoms with van der Waals surface area (Å²) < 4.78 is 10.2. The molecule has 1 N–H and O–H groups in total. The van der Waals surface area contributed by atoms with Crippen LogP contribution in [-0.4, -0.2) is 37.9 Å². The fourth-order valence-electron chi connectivity index (χ4n) is 1.57. The number of likely N-dealkylation sites (N-methyl/N-ethyl adjacent to an activating group) is 1. The Balaban J connectivity index is 4.49. The first-order valence-electron chi connectivity index (χ1n) is 5.45. The summed E-state index contributed by atoms with van der Waals surface area (Å²) in [6.45, 7) is 8.70. The molecular formula is C11H23NO3. The highest BCUT2D eigenvalue weighted by Crippen LogP contribution is 2.16. The number of hydrogen-bond acceptors (Lipinski definition) is 4. The molecule has 90 valence electrons. The molecule has 0 aliphatic rings. The first-order valence-corrected chi connectivity index (χ1v) is 5.45. The predicted molar refractivity (Wildman–Crippen MR) is 59.8 cm³/mol. The molecule has 0 aromatic heterocycles. The van der Waals surface area contributed by atoms with Gasteiger partial charge in [0.15, 0.2) is 0 Å². The number of methoxy groups -OCH3 is 1. The van der Waals surface area contributed by atoms with Gasteiger partial charge in [0, 0.05) is 13.5 Å². The molecular weight excluding hydrogens is 194 g/mol. The molecule has 0 fully saturated rings. The van der Waals surface area contributed by atoms with Crippen LogP contribution >= 0.6 is 0 Å². The molecule has 0 heterocycles. The van der Waals surface area contributed by atoms with Gasteiger partial charge in [0.05, 0.1) is 12.7 Å². The van der Waals surface area contributed by atoms with Gasteiger partial charge in [-0.3, -0.25) is 4.79 Å². The van der Waals surface area contributed by atoms with Gasteiger partial charge in [-0.1, -0.05) is 6.92 Å². The molecule has 0 amide bonds. The van der Waals surface area contributed by atoms with Crippen LogP contribution in [0.15, 0.2) is 0 Å². The first kappa shape index (κ1) is 14.4. The van der Waals surface area contributed by atoms with Crippen molar-refractivity contribution in [2.24, 2.45) is 0 Å². The second kappa shape index (κ2) is 6.80. The maximum absolute atomic E-state index is 11.8. The molecule has 0 aromatic rings. The summed E-state index contributed by atoms with van der Waals surface area (Å²) in [6.07, 6.45) is 0.634.